The first-order valence-electron chi connectivity index (χ1n) is 4.41. The minimum atomic E-state index is -3.78. The zero-order valence-electron chi connectivity index (χ0n) is 9.06. The van der Waals surface area contributed by atoms with Crippen LogP contribution in [0.5, 0.6) is 11.5 Å². The Morgan fingerprint density at radius 2 is 1.88 bits per heavy atom. The van der Waals surface area contributed by atoms with Crippen LogP contribution in [0.1, 0.15) is 5.56 Å². The smallest absolute Gasteiger partial charge is 0.238 e. The van der Waals surface area contributed by atoms with Gasteiger partial charge in [-0.25, -0.2) is 13.6 Å². The van der Waals surface area contributed by atoms with Crippen LogP contribution in [0, 0.1) is 0 Å². The molecule has 0 spiro atoms. The van der Waals surface area contributed by atoms with Gasteiger partial charge in [0.25, 0.3) is 0 Å². The van der Waals surface area contributed by atoms with Gasteiger partial charge in [0.2, 0.25) is 10.0 Å². The Balaban J connectivity index is 3.49. The summed E-state index contributed by atoms with van der Waals surface area (Å²) in [5.41, 5.74) is 6.01. The van der Waals surface area contributed by atoms with Crippen LogP contribution >= 0.6 is 0 Å². The SMILES string of the molecule is COc1cc(S(N)(=O)=O)cc(CN)c1OC. The van der Waals surface area contributed by atoms with Gasteiger partial charge in [0.05, 0.1) is 19.1 Å². The van der Waals surface area contributed by atoms with Gasteiger partial charge in [-0.3, -0.25) is 0 Å². The van der Waals surface area contributed by atoms with Crippen molar-refractivity contribution in [1.82, 2.24) is 0 Å². The van der Waals surface area contributed by atoms with Crippen molar-refractivity contribution >= 4 is 10.0 Å². The molecule has 0 saturated carbocycles. The minimum absolute atomic E-state index is 0.0504. The number of nitrogens with two attached hydrogens (primary N) is 2. The van der Waals surface area contributed by atoms with Gasteiger partial charge < -0.3 is 15.2 Å². The van der Waals surface area contributed by atoms with Crippen molar-refractivity contribution in [3.05, 3.63) is 17.7 Å². The van der Waals surface area contributed by atoms with Crippen LogP contribution in [0.25, 0.3) is 0 Å². The number of rotatable bonds is 4. The highest BCUT2D eigenvalue weighted by Crippen LogP contribution is 2.33. The first kappa shape index (κ1) is 12.8. The molecule has 16 heavy (non-hydrogen) atoms. The molecule has 0 radical (unpaired) electrons. The lowest BCUT2D eigenvalue weighted by Gasteiger charge is -2.13. The van der Waals surface area contributed by atoms with Crippen molar-refractivity contribution in [3.8, 4) is 11.5 Å². The van der Waals surface area contributed by atoms with Crippen molar-refractivity contribution in [2.45, 2.75) is 11.4 Å². The lowest BCUT2D eigenvalue weighted by atomic mass is 10.2. The molecule has 1 rings (SSSR count). The lowest BCUT2D eigenvalue weighted by molar-refractivity contribution is 0.350. The third-order valence-corrected chi connectivity index (χ3v) is 2.97. The maximum absolute atomic E-state index is 11.2. The molecule has 0 bridgehead atoms. The zero-order valence-corrected chi connectivity index (χ0v) is 9.87. The molecule has 0 unspecified atom stereocenters. The summed E-state index contributed by atoms with van der Waals surface area (Å²) < 4.78 is 32.5. The number of hydrogen-bond donors (Lipinski definition) is 2. The summed E-state index contributed by atoms with van der Waals surface area (Å²) in [5, 5.41) is 5.03. The molecule has 0 saturated heterocycles. The monoisotopic (exact) mass is 246 g/mol. The highest BCUT2D eigenvalue weighted by Gasteiger charge is 2.16. The Kier molecular flexibility index (Phi) is 3.74. The Labute approximate surface area is 94.2 Å². The molecule has 0 heterocycles. The molecule has 6 nitrogen and oxygen atoms in total. The molecule has 4 N–H and O–H groups in total. The summed E-state index contributed by atoms with van der Waals surface area (Å²) in [6.07, 6.45) is 0. The van der Waals surface area contributed by atoms with Crippen LogP contribution in [0.4, 0.5) is 0 Å². The summed E-state index contributed by atoms with van der Waals surface area (Å²) >= 11 is 0. The zero-order chi connectivity index (χ0) is 12.3. The summed E-state index contributed by atoms with van der Waals surface area (Å²) in [6, 6.07) is 2.67. The molecular formula is C9H14N2O4S. The van der Waals surface area contributed by atoms with Crippen LogP contribution < -0.4 is 20.3 Å². The van der Waals surface area contributed by atoms with Gasteiger partial charge in [0, 0.05) is 18.2 Å². The van der Waals surface area contributed by atoms with Gasteiger partial charge in [0.1, 0.15) is 0 Å². The highest BCUT2D eigenvalue weighted by atomic mass is 32.2. The molecule has 0 atom stereocenters. The van der Waals surface area contributed by atoms with Crippen LogP contribution in [-0.2, 0) is 16.6 Å². The molecular weight excluding hydrogens is 232 g/mol. The van der Waals surface area contributed by atoms with Crippen LogP contribution in [0.3, 0.4) is 0 Å². The number of methoxy groups -OCH3 is 2. The topological polar surface area (TPSA) is 105 Å². The second-order valence-electron chi connectivity index (χ2n) is 3.07. The Morgan fingerprint density at radius 3 is 2.25 bits per heavy atom. The Morgan fingerprint density at radius 1 is 1.25 bits per heavy atom. The molecule has 1 aromatic carbocycles. The number of hydrogen-bond acceptors (Lipinski definition) is 5. The van der Waals surface area contributed by atoms with Crippen LogP contribution in [-0.4, -0.2) is 22.6 Å². The summed E-state index contributed by atoms with van der Waals surface area (Å²) in [6.45, 7) is 0.128. The second kappa shape index (κ2) is 4.69. The van der Waals surface area contributed by atoms with E-state index in [0.717, 1.165) is 0 Å². The normalized spacial score (nSPS) is 11.2. The molecule has 0 aliphatic heterocycles. The minimum Gasteiger partial charge on any atom is -0.493 e. The number of sulfonamides is 1. The van der Waals surface area contributed by atoms with Gasteiger partial charge in [-0.15, -0.1) is 0 Å². The Bertz CT molecular complexity index is 459. The number of ether oxygens (including phenoxy) is 2. The van der Waals surface area contributed by atoms with Crippen molar-refractivity contribution < 1.29 is 17.9 Å². The molecule has 0 amide bonds. The molecule has 0 aliphatic carbocycles. The summed E-state index contributed by atoms with van der Waals surface area (Å²) in [7, 11) is -0.924. The van der Waals surface area contributed by atoms with E-state index in [1.54, 1.807) is 0 Å². The lowest BCUT2D eigenvalue weighted by Crippen LogP contribution is -2.14. The van der Waals surface area contributed by atoms with Crippen molar-refractivity contribution in [2.75, 3.05) is 14.2 Å². The third-order valence-electron chi connectivity index (χ3n) is 2.08. The predicted octanol–water partition coefficient (Wildman–Crippen LogP) is -0.190. The fourth-order valence-corrected chi connectivity index (χ4v) is 1.91. The quantitative estimate of drug-likeness (QED) is 0.766. The molecule has 0 aliphatic rings. The van der Waals surface area contributed by atoms with Gasteiger partial charge in [-0.05, 0) is 6.07 Å². The first-order chi connectivity index (χ1) is 7.43. The molecule has 0 fully saturated rings. The molecule has 1 aromatic rings. The molecule has 90 valence electrons. The fraction of sp³-hybridized carbons (Fsp3) is 0.333. The molecule has 0 aromatic heterocycles. The van der Waals surface area contributed by atoms with Gasteiger partial charge in [-0.2, -0.15) is 0 Å². The van der Waals surface area contributed by atoms with Crippen molar-refractivity contribution in [3.63, 3.8) is 0 Å². The summed E-state index contributed by atoms with van der Waals surface area (Å²) in [4.78, 5) is -0.0504. The number of benzene rings is 1. The maximum atomic E-state index is 11.2. The fourth-order valence-electron chi connectivity index (χ4n) is 1.33. The standard InChI is InChI=1S/C9H14N2O4S/c1-14-8-4-7(16(11,12)13)3-6(5-10)9(8)15-2/h3-4H,5,10H2,1-2H3,(H2,11,12,13). The van der Waals surface area contributed by atoms with Crippen LogP contribution in [0.15, 0.2) is 17.0 Å². The third kappa shape index (κ3) is 2.43. The average Bonchev–Trinajstić information content (AvgIpc) is 2.25. The largest absolute Gasteiger partial charge is 0.493 e. The van der Waals surface area contributed by atoms with E-state index in [2.05, 4.69) is 0 Å². The van der Waals surface area contributed by atoms with Crippen molar-refractivity contribution in [1.29, 1.82) is 0 Å². The van der Waals surface area contributed by atoms with Crippen LogP contribution in [0.2, 0.25) is 0 Å². The Hall–Kier alpha value is -1.31. The van der Waals surface area contributed by atoms with E-state index in [-0.39, 0.29) is 17.2 Å². The van der Waals surface area contributed by atoms with E-state index in [9.17, 15) is 8.42 Å². The predicted molar refractivity (Wildman–Crippen MR) is 58.8 cm³/mol. The summed E-state index contributed by atoms with van der Waals surface area (Å²) in [5.74, 6) is 0.701. The van der Waals surface area contributed by atoms with Gasteiger partial charge in [-0.1, -0.05) is 0 Å². The van der Waals surface area contributed by atoms with E-state index >= 15 is 0 Å². The van der Waals surface area contributed by atoms with Gasteiger partial charge >= 0.3 is 0 Å². The second-order valence-corrected chi connectivity index (χ2v) is 4.63. The van der Waals surface area contributed by atoms with E-state index in [4.69, 9.17) is 20.3 Å². The van der Waals surface area contributed by atoms with Gasteiger partial charge in [0.15, 0.2) is 11.5 Å². The first-order valence-corrected chi connectivity index (χ1v) is 5.96. The molecule has 7 heteroatoms. The maximum Gasteiger partial charge on any atom is 0.238 e. The van der Waals surface area contributed by atoms with E-state index in [1.807, 2.05) is 0 Å². The van der Waals surface area contributed by atoms with Crippen molar-refractivity contribution in [2.24, 2.45) is 10.9 Å². The van der Waals surface area contributed by atoms with E-state index in [0.29, 0.717) is 11.3 Å². The van der Waals surface area contributed by atoms with E-state index in [1.165, 1.54) is 26.4 Å². The average molecular weight is 246 g/mol. The van der Waals surface area contributed by atoms with E-state index < -0.39 is 10.0 Å². The number of primary sulfonamides is 1. The highest BCUT2D eigenvalue weighted by molar-refractivity contribution is 7.89.